The molecule has 5 nitrogen and oxygen atoms in total. The molecule has 2 rings (SSSR count). The maximum Gasteiger partial charge on any atom is 0.263 e. The number of aromatic amines is 1. The summed E-state index contributed by atoms with van der Waals surface area (Å²) < 4.78 is 0.629. The molecule has 1 heterocycles. The third kappa shape index (κ3) is 4.41. The molecule has 1 aromatic carbocycles. The quantitative estimate of drug-likeness (QED) is 0.842. The SMILES string of the molecule is CC.Cc1ncc(C(=O)Nc2c(Cl)cccc2Br)c(=O)[nH]1. The van der Waals surface area contributed by atoms with Gasteiger partial charge in [-0.1, -0.05) is 31.5 Å². The number of halogens is 2. The Labute approximate surface area is 135 Å². The van der Waals surface area contributed by atoms with Gasteiger partial charge in [0.15, 0.2) is 0 Å². The molecule has 0 unspecified atom stereocenters. The molecule has 0 atom stereocenters. The lowest BCUT2D eigenvalue weighted by Crippen LogP contribution is -2.24. The molecule has 21 heavy (non-hydrogen) atoms. The Bertz CT molecular complexity index is 681. The summed E-state index contributed by atoms with van der Waals surface area (Å²) in [5.74, 6) is -0.122. The van der Waals surface area contributed by atoms with Crippen LogP contribution in [-0.4, -0.2) is 15.9 Å². The van der Waals surface area contributed by atoms with Gasteiger partial charge in [0.1, 0.15) is 11.4 Å². The molecule has 0 saturated heterocycles. The van der Waals surface area contributed by atoms with Crippen molar-refractivity contribution in [1.82, 2.24) is 9.97 Å². The number of H-pyrrole nitrogens is 1. The minimum absolute atomic E-state index is 0.0718. The van der Waals surface area contributed by atoms with E-state index in [1.54, 1.807) is 25.1 Å². The zero-order valence-electron chi connectivity index (χ0n) is 11.8. The van der Waals surface area contributed by atoms with Crippen LogP contribution in [0.5, 0.6) is 0 Å². The van der Waals surface area contributed by atoms with Crippen molar-refractivity contribution in [3.05, 3.63) is 55.6 Å². The molecule has 1 amide bonds. The van der Waals surface area contributed by atoms with Gasteiger partial charge in [-0.25, -0.2) is 4.98 Å². The van der Waals surface area contributed by atoms with Gasteiger partial charge >= 0.3 is 0 Å². The summed E-state index contributed by atoms with van der Waals surface area (Å²) in [5.41, 5.74) is -0.153. The number of nitrogens with zero attached hydrogens (tertiary/aromatic N) is 1. The number of benzene rings is 1. The van der Waals surface area contributed by atoms with E-state index >= 15 is 0 Å². The van der Waals surface area contributed by atoms with Crippen molar-refractivity contribution in [1.29, 1.82) is 0 Å². The molecule has 0 aliphatic carbocycles. The van der Waals surface area contributed by atoms with Crippen molar-refractivity contribution in [2.45, 2.75) is 20.8 Å². The predicted molar refractivity (Wildman–Crippen MR) is 88.0 cm³/mol. The topological polar surface area (TPSA) is 74.8 Å². The van der Waals surface area contributed by atoms with E-state index in [9.17, 15) is 9.59 Å². The number of para-hydroxylation sites is 1. The number of rotatable bonds is 2. The van der Waals surface area contributed by atoms with E-state index in [0.29, 0.717) is 21.0 Å². The average molecular weight is 373 g/mol. The fraction of sp³-hybridized carbons (Fsp3) is 0.214. The third-order valence-corrected chi connectivity index (χ3v) is 3.35. The summed E-state index contributed by atoms with van der Waals surface area (Å²) in [5, 5.41) is 2.95. The second-order valence-corrected chi connectivity index (χ2v) is 5.02. The fourth-order valence-electron chi connectivity index (χ4n) is 1.44. The van der Waals surface area contributed by atoms with Crippen LogP contribution in [0.2, 0.25) is 5.02 Å². The predicted octanol–water partition coefficient (Wildman–Crippen LogP) is 3.77. The maximum atomic E-state index is 12.0. The Morgan fingerprint density at radius 1 is 1.38 bits per heavy atom. The normalized spacial score (nSPS) is 9.57. The van der Waals surface area contributed by atoms with E-state index in [2.05, 4.69) is 31.2 Å². The van der Waals surface area contributed by atoms with Crippen LogP contribution in [0.15, 0.2) is 33.7 Å². The summed E-state index contributed by atoms with van der Waals surface area (Å²) >= 11 is 9.26. The number of hydrogen-bond acceptors (Lipinski definition) is 3. The van der Waals surface area contributed by atoms with Gasteiger partial charge in [-0.3, -0.25) is 9.59 Å². The molecule has 0 spiro atoms. The van der Waals surface area contributed by atoms with Crippen LogP contribution in [-0.2, 0) is 0 Å². The van der Waals surface area contributed by atoms with Gasteiger partial charge < -0.3 is 10.3 Å². The molecule has 2 N–H and O–H groups in total. The smallest absolute Gasteiger partial charge is 0.263 e. The highest BCUT2D eigenvalue weighted by Crippen LogP contribution is 2.30. The Hall–Kier alpha value is -1.66. The van der Waals surface area contributed by atoms with Crippen LogP contribution >= 0.6 is 27.5 Å². The summed E-state index contributed by atoms with van der Waals surface area (Å²) in [7, 11) is 0. The van der Waals surface area contributed by atoms with Crippen molar-refractivity contribution < 1.29 is 4.79 Å². The third-order valence-electron chi connectivity index (χ3n) is 2.37. The number of aromatic nitrogens is 2. The zero-order valence-corrected chi connectivity index (χ0v) is 14.2. The van der Waals surface area contributed by atoms with Crippen molar-refractivity contribution in [2.75, 3.05) is 5.32 Å². The molecule has 2 aromatic rings. The molecule has 0 aliphatic rings. The van der Waals surface area contributed by atoms with Crippen LogP contribution in [0, 0.1) is 6.92 Å². The van der Waals surface area contributed by atoms with E-state index in [0.717, 1.165) is 0 Å². The first kappa shape index (κ1) is 17.4. The molecule has 112 valence electrons. The summed E-state index contributed by atoms with van der Waals surface area (Å²) in [6, 6.07) is 5.11. The highest BCUT2D eigenvalue weighted by atomic mass is 79.9. The van der Waals surface area contributed by atoms with E-state index in [1.807, 2.05) is 13.8 Å². The van der Waals surface area contributed by atoms with Crippen molar-refractivity contribution >= 4 is 39.1 Å². The lowest BCUT2D eigenvalue weighted by Gasteiger charge is -2.08. The zero-order chi connectivity index (χ0) is 16.0. The summed E-state index contributed by atoms with van der Waals surface area (Å²) in [6.07, 6.45) is 1.23. The molecular formula is C14H15BrClN3O2. The van der Waals surface area contributed by atoms with Gasteiger partial charge in [-0.15, -0.1) is 0 Å². The van der Waals surface area contributed by atoms with Crippen molar-refractivity contribution in [2.24, 2.45) is 0 Å². The highest BCUT2D eigenvalue weighted by Gasteiger charge is 2.14. The van der Waals surface area contributed by atoms with Gasteiger partial charge in [0.25, 0.3) is 11.5 Å². The van der Waals surface area contributed by atoms with Gasteiger partial charge in [0, 0.05) is 10.7 Å². The summed E-state index contributed by atoms with van der Waals surface area (Å²) in [6.45, 7) is 5.63. The molecule has 0 bridgehead atoms. The minimum Gasteiger partial charge on any atom is -0.319 e. The fourth-order valence-corrected chi connectivity index (χ4v) is 2.25. The van der Waals surface area contributed by atoms with Crippen molar-refractivity contribution in [3.63, 3.8) is 0 Å². The van der Waals surface area contributed by atoms with Gasteiger partial charge in [0.2, 0.25) is 0 Å². The van der Waals surface area contributed by atoms with E-state index < -0.39 is 11.5 Å². The highest BCUT2D eigenvalue weighted by molar-refractivity contribution is 9.10. The van der Waals surface area contributed by atoms with Gasteiger partial charge in [-0.2, -0.15) is 0 Å². The Morgan fingerprint density at radius 2 is 2.05 bits per heavy atom. The lowest BCUT2D eigenvalue weighted by molar-refractivity contribution is 0.102. The Kier molecular flexibility index (Phi) is 6.58. The van der Waals surface area contributed by atoms with Crippen LogP contribution in [0.3, 0.4) is 0 Å². The molecule has 7 heteroatoms. The monoisotopic (exact) mass is 371 g/mol. The van der Waals surface area contributed by atoms with E-state index in [1.165, 1.54) is 6.20 Å². The second-order valence-electron chi connectivity index (χ2n) is 3.76. The van der Waals surface area contributed by atoms with E-state index in [4.69, 9.17) is 11.6 Å². The van der Waals surface area contributed by atoms with Gasteiger partial charge in [-0.05, 0) is 35.0 Å². The Balaban J connectivity index is 0.00000106. The molecule has 0 radical (unpaired) electrons. The maximum absolute atomic E-state index is 12.0. The second kappa shape index (κ2) is 7.95. The van der Waals surface area contributed by atoms with Crippen LogP contribution in [0.1, 0.15) is 30.0 Å². The summed E-state index contributed by atoms with van der Waals surface area (Å²) in [4.78, 5) is 30.0. The largest absolute Gasteiger partial charge is 0.319 e. The average Bonchev–Trinajstić information content (AvgIpc) is 2.45. The standard InChI is InChI=1S/C12H9BrClN3O2.C2H6/c1-6-15-5-7(11(18)16-6)12(19)17-10-8(13)3-2-4-9(10)14;1-2/h2-5H,1H3,(H,17,19)(H,15,16,18);1-2H3. The van der Waals surface area contributed by atoms with Crippen LogP contribution in [0.4, 0.5) is 5.69 Å². The molecule has 0 fully saturated rings. The first-order chi connectivity index (χ1) is 9.99. The molecule has 1 aromatic heterocycles. The molecule has 0 saturated carbocycles. The van der Waals surface area contributed by atoms with Crippen LogP contribution in [0.25, 0.3) is 0 Å². The first-order valence-electron chi connectivity index (χ1n) is 6.30. The lowest BCUT2D eigenvalue weighted by atomic mass is 10.2. The number of carbonyl (C=O) groups is 1. The van der Waals surface area contributed by atoms with Crippen molar-refractivity contribution in [3.8, 4) is 0 Å². The van der Waals surface area contributed by atoms with Gasteiger partial charge in [0.05, 0.1) is 10.7 Å². The number of amides is 1. The molecular weight excluding hydrogens is 358 g/mol. The first-order valence-corrected chi connectivity index (χ1v) is 7.47. The number of aryl methyl sites for hydroxylation is 1. The van der Waals surface area contributed by atoms with Crippen LogP contribution < -0.4 is 10.9 Å². The number of anilines is 1. The minimum atomic E-state index is -0.567. The molecule has 0 aliphatic heterocycles. The number of carbonyl (C=O) groups excluding carboxylic acids is 1. The number of nitrogens with one attached hydrogen (secondary N) is 2. The van der Waals surface area contributed by atoms with E-state index in [-0.39, 0.29) is 5.56 Å². The Morgan fingerprint density at radius 3 is 2.62 bits per heavy atom. The number of hydrogen-bond donors (Lipinski definition) is 2.